The maximum atomic E-state index is 12.5. The highest BCUT2D eigenvalue weighted by molar-refractivity contribution is 9.10. The highest BCUT2D eigenvalue weighted by Gasteiger charge is 2.22. The summed E-state index contributed by atoms with van der Waals surface area (Å²) in [6, 6.07) is 3.04. The lowest BCUT2D eigenvalue weighted by Crippen LogP contribution is -3.14. The SMILES string of the molecule is COc1cc(Br)c(S(=O)(=O)NCC[NH+]2CCOCC2)cc1OC. The van der Waals surface area contributed by atoms with Crippen LogP contribution in [0, 0.1) is 0 Å². The molecule has 0 aromatic heterocycles. The quantitative estimate of drug-likeness (QED) is 0.643. The fourth-order valence-electron chi connectivity index (χ4n) is 2.39. The number of morpholine rings is 1. The molecule has 1 aromatic carbocycles. The van der Waals surface area contributed by atoms with Crippen molar-refractivity contribution in [1.29, 1.82) is 0 Å². The lowest BCUT2D eigenvalue weighted by Gasteiger charge is -2.23. The van der Waals surface area contributed by atoms with Crippen LogP contribution in [0.1, 0.15) is 0 Å². The summed E-state index contributed by atoms with van der Waals surface area (Å²) in [6.45, 7) is 4.36. The van der Waals surface area contributed by atoms with Gasteiger partial charge in [-0.25, -0.2) is 13.1 Å². The van der Waals surface area contributed by atoms with Crippen molar-refractivity contribution in [3.05, 3.63) is 16.6 Å². The van der Waals surface area contributed by atoms with Crippen molar-refractivity contribution in [3.8, 4) is 11.5 Å². The Hall–Kier alpha value is -0.870. The van der Waals surface area contributed by atoms with E-state index in [1.54, 1.807) is 6.07 Å². The van der Waals surface area contributed by atoms with Gasteiger partial charge in [-0.1, -0.05) is 0 Å². The standard InChI is InChI=1S/C14H21BrN2O5S/c1-20-12-9-11(15)14(10-13(12)21-2)23(18,19)16-3-4-17-5-7-22-8-6-17/h9-10,16H,3-8H2,1-2H3/p+1. The molecule has 1 fully saturated rings. The molecule has 1 aliphatic rings. The maximum absolute atomic E-state index is 12.5. The van der Waals surface area contributed by atoms with Crippen LogP contribution in [-0.2, 0) is 14.8 Å². The van der Waals surface area contributed by atoms with Crippen molar-refractivity contribution in [2.75, 3.05) is 53.6 Å². The molecule has 23 heavy (non-hydrogen) atoms. The Morgan fingerprint density at radius 3 is 2.43 bits per heavy atom. The number of hydrogen-bond donors (Lipinski definition) is 2. The summed E-state index contributed by atoms with van der Waals surface area (Å²) in [7, 11) is -0.655. The van der Waals surface area contributed by atoms with Crippen molar-refractivity contribution in [2.45, 2.75) is 4.90 Å². The smallest absolute Gasteiger partial charge is 0.242 e. The van der Waals surface area contributed by atoms with Crippen LogP contribution in [0.15, 0.2) is 21.5 Å². The molecule has 0 bridgehead atoms. The average Bonchev–Trinajstić information content (AvgIpc) is 2.55. The molecule has 2 N–H and O–H groups in total. The number of benzene rings is 1. The fraction of sp³-hybridized carbons (Fsp3) is 0.571. The number of rotatable bonds is 7. The van der Waals surface area contributed by atoms with E-state index in [4.69, 9.17) is 14.2 Å². The zero-order valence-electron chi connectivity index (χ0n) is 13.2. The Labute approximate surface area is 145 Å². The van der Waals surface area contributed by atoms with Crippen LogP contribution in [0.4, 0.5) is 0 Å². The molecule has 0 atom stereocenters. The normalized spacial score (nSPS) is 16.3. The zero-order chi connectivity index (χ0) is 16.9. The fourth-order valence-corrected chi connectivity index (χ4v) is 4.46. The molecule has 1 aliphatic heterocycles. The number of methoxy groups -OCH3 is 2. The van der Waals surface area contributed by atoms with Crippen molar-refractivity contribution in [2.24, 2.45) is 0 Å². The van der Waals surface area contributed by atoms with Gasteiger partial charge in [0.05, 0.1) is 40.5 Å². The first kappa shape index (κ1) is 18.5. The minimum atomic E-state index is -3.63. The Bertz CT molecular complexity index is 632. The molecular weight excluding hydrogens is 388 g/mol. The van der Waals surface area contributed by atoms with E-state index < -0.39 is 10.0 Å². The Balaban J connectivity index is 2.06. The molecule has 9 heteroatoms. The predicted molar refractivity (Wildman–Crippen MR) is 88.8 cm³/mol. The largest absolute Gasteiger partial charge is 0.493 e. The van der Waals surface area contributed by atoms with Crippen molar-refractivity contribution in [3.63, 3.8) is 0 Å². The summed E-state index contributed by atoms with van der Waals surface area (Å²) < 4.78 is 43.7. The summed E-state index contributed by atoms with van der Waals surface area (Å²) in [5, 5.41) is 0. The highest BCUT2D eigenvalue weighted by Crippen LogP contribution is 2.35. The molecule has 0 amide bonds. The van der Waals surface area contributed by atoms with E-state index in [0.29, 0.717) is 22.5 Å². The number of nitrogens with one attached hydrogen (secondary N) is 2. The lowest BCUT2D eigenvalue weighted by atomic mass is 10.3. The van der Waals surface area contributed by atoms with E-state index in [2.05, 4.69) is 20.7 Å². The predicted octanol–water partition coefficient (Wildman–Crippen LogP) is -0.340. The summed E-state index contributed by atoms with van der Waals surface area (Å²) in [6.07, 6.45) is 0. The van der Waals surface area contributed by atoms with Gasteiger partial charge in [0.2, 0.25) is 10.0 Å². The molecule has 1 aromatic rings. The summed E-state index contributed by atoms with van der Waals surface area (Å²) in [4.78, 5) is 1.47. The number of quaternary nitrogens is 1. The van der Waals surface area contributed by atoms with Gasteiger partial charge >= 0.3 is 0 Å². The molecule has 0 unspecified atom stereocenters. The molecule has 0 aliphatic carbocycles. The van der Waals surface area contributed by atoms with E-state index in [0.717, 1.165) is 32.8 Å². The van der Waals surface area contributed by atoms with Gasteiger partial charge in [-0.15, -0.1) is 0 Å². The van der Waals surface area contributed by atoms with Crippen LogP contribution in [-0.4, -0.2) is 62.0 Å². The molecule has 0 saturated carbocycles. The van der Waals surface area contributed by atoms with E-state index >= 15 is 0 Å². The second-order valence-electron chi connectivity index (χ2n) is 5.15. The van der Waals surface area contributed by atoms with Crippen molar-refractivity contribution >= 4 is 26.0 Å². The molecule has 1 heterocycles. The Morgan fingerprint density at radius 1 is 1.22 bits per heavy atom. The number of ether oxygens (including phenoxy) is 3. The lowest BCUT2D eigenvalue weighted by molar-refractivity contribution is -0.906. The topological polar surface area (TPSA) is 78.3 Å². The van der Waals surface area contributed by atoms with Crippen LogP contribution in [0.3, 0.4) is 0 Å². The third-order valence-electron chi connectivity index (χ3n) is 3.70. The first-order valence-electron chi connectivity index (χ1n) is 7.30. The average molecular weight is 410 g/mol. The second kappa shape index (κ2) is 8.29. The third-order valence-corrected chi connectivity index (χ3v) is 6.12. The van der Waals surface area contributed by atoms with E-state index in [9.17, 15) is 8.42 Å². The summed E-state index contributed by atoms with van der Waals surface area (Å²) in [5.74, 6) is 0.839. The van der Waals surface area contributed by atoms with Gasteiger partial charge in [-0.05, 0) is 22.0 Å². The number of halogens is 1. The molecule has 0 radical (unpaired) electrons. The number of hydrogen-bond acceptors (Lipinski definition) is 5. The van der Waals surface area contributed by atoms with Crippen LogP contribution in [0.25, 0.3) is 0 Å². The second-order valence-corrected chi connectivity index (χ2v) is 7.74. The number of sulfonamides is 1. The Kier molecular flexibility index (Phi) is 6.66. The first-order valence-corrected chi connectivity index (χ1v) is 9.58. The highest BCUT2D eigenvalue weighted by atomic mass is 79.9. The van der Waals surface area contributed by atoms with E-state index in [1.165, 1.54) is 25.2 Å². The van der Waals surface area contributed by atoms with Gasteiger partial charge in [0, 0.05) is 10.5 Å². The van der Waals surface area contributed by atoms with E-state index in [1.807, 2.05) is 0 Å². The van der Waals surface area contributed by atoms with Crippen LogP contribution in [0.5, 0.6) is 11.5 Å². The van der Waals surface area contributed by atoms with E-state index in [-0.39, 0.29) is 4.90 Å². The van der Waals surface area contributed by atoms with Crippen LogP contribution in [0.2, 0.25) is 0 Å². The molecule has 0 spiro atoms. The third kappa shape index (κ3) is 4.80. The van der Waals surface area contributed by atoms with Gasteiger partial charge in [0.1, 0.15) is 18.0 Å². The molecule has 130 valence electrons. The minimum absolute atomic E-state index is 0.132. The first-order chi connectivity index (χ1) is 11.0. The van der Waals surface area contributed by atoms with Crippen LogP contribution < -0.4 is 19.1 Å². The van der Waals surface area contributed by atoms with Crippen molar-refractivity contribution in [1.82, 2.24) is 4.72 Å². The van der Waals surface area contributed by atoms with Gasteiger partial charge in [-0.2, -0.15) is 0 Å². The van der Waals surface area contributed by atoms with Gasteiger partial charge in [-0.3, -0.25) is 0 Å². The molecule has 2 rings (SSSR count). The zero-order valence-corrected chi connectivity index (χ0v) is 15.6. The van der Waals surface area contributed by atoms with Gasteiger partial charge < -0.3 is 19.1 Å². The maximum Gasteiger partial charge on any atom is 0.242 e. The monoisotopic (exact) mass is 409 g/mol. The van der Waals surface area contributed by atoms with Crippen LogP contribution >= 0.6 is 15.9 Å². The minimum Gasteiger partial charge on any atom is -0.493 e. The molecule has 1 saturated heterocycles. The molecular formula is C14H22BrN2O5S+. The summed E-state index contributed by atoms with van der Waals surface area (Å²) >= 11 is 3.28. The van der Waals surface area contributed by atoms with Gasteiger partial charge in [0.25, 0.3) is 0 Å². The Morgan fingerprint density at radius 2 is 1.83 bits per heavy atom. The summed E-state index contributed by atoms with van der Waals surface area (Å²) in [5.41, 5.74) is 0. The van der Waals surface area contributed by atoms with Gasteiger partial charge in [0.15, 0.2) is 11.5 Å². The van der Waals surface area contributed by atoms with Crippen molar-refractivity contribution < 1.29 is 27.5 Å². The molecule has 7 nitrogen and oxygen atoms in total.